The van der Waals surface area contributed by atoms with Crippen LogP contribution in [-0.2, 0) is 0 Å². The van der Waals surface area contributed by atoms with E-state index in [1.807, 2.05) is 0 Å². The molecule has 3 aromatic rings. The highest BCUT2D eigenvalue weighted by atomic mass is 31.1. The summed E-state index contributed by atoms with van der Waals surface area (Å²) in [5.41, 5.74) is 0. The van der Waals surface area contributed by atoms with Crippen molar-refractivity contribution < 1.29 is 14.2 Å². The number of hydrogen-bond donors (Lipinski definition) is 0. The van der Waals surface area contributed by atoms with Crippen molar-refractivity contribution in [1.82, 2.24) is 0 Å². The van der Waals surface area contributed by atoms with Gasteiger partial charge < -0.3 is 14.2 Å². The quantitative estimate of drug-likeness (QED) is 0.0417. The summed E-state index contributed by atoms with van der Waals surface area (Å²) in [5, 5.41) is 4.02. The molecule has 0 radical (unpaired) electrons. The topological polar surface area (TPSA) is 27.7 Å². The third-order valence-corrected chi connectivity index (χ3v) is 17.0. The van der Waals surface area contributed by atoms with E-state index in [4.69, 9.17) is 14.2 Å². The Labute approximate surface area is 436 Å². The Kier molecular flexibility index (Phi) is 40.9. The van der Waals surface area contributed by atoms with Crippen LogP contribution in [0.15, 0.2) is 72.8 Å². The van der Waals surface area contributed by atoms with Gasteiger partial charge in [-0.3, -0.25) is 0 Å². The standard InChI is InChI=1S/C66H111O3P/c1-4-7-10-13-16-19-22-25-28-31-34-37-40-43-58-67-61-46-52-64(53-47-61)70(65-54-48-62(49-55-65)68-59-44-41-38-35-32-29-26-23-20-17-14-11-8-5-2)66-56-50-63(51-57-66)69-60-45-42-39-36-33-30-27-24-21-18-15-12-9-6-3/h46-57H,4-45,58-60H2,1-3H3. The van der Waals surface area contributed by atoms with E-state index in [0.717, 1.165) is 56.3 Å². The molecule has 0 N–H and O–H groups in total. The Morgan fingerprint density at radius 1 is 0.214 bits per heavy atom. The Morgan fingerprint density at radius 2 is 0.371 bits per heavy atom. The van der Waals surface area contributed by atoms with Crippen molar-refractivity contribution in [3.8, 4) is 17.2 Å². The highest BCUT2D eigenvalue weighted by molar-refractivity contribution is 7.79. The van der Waals surface area contributed by atoms with E-state index in [0.29, 0.717) is 0 Å². The second kappa shape index (κ2) is 46.3. The van der Waals surface area contributed by atoms with Gasteiger partial charge in [-0.25, -0.2) is 0 Å². The van der Waals surface area contributed by atoms with Gasteiger partial charge in [-0.15, -0.1) is 0 Å². The second-order valence-corrected chi connectivity index (χ2v) is 23.4. The van der Waals surface area contributed by atoms with Crippen molar-refractivity contribution in [2.75, 3.05) is 19.8 Å². The molecule has 4 heteroatoms. The number of ether oxygens (including phenoxy) is 3. The summed E-state index contributed by atoms with van der Waals surface area (Å²) >= 11 is 0. The first-order chi connectivity index (χ1) is 34.7. The largest absolute Gasteiger partial charge is 0.494 e. The highest BCUT2D eigenvalue weighted by Gasteiger charge is 2.17. The first-order valence-electron chi connectivity index (χ1n) is 30.7. The van der Waals surface area contributed by atoms with Crippen LogP contribution in [0, 0.1) is 0 Å². The Hall–Kier alpha value is -2.51. The monoisotopic (exact) mass is 983 g/mol. The van der Waals surface area contributed by atoms with Gasteiger partial charge in [0.15, 0.2) is 0 Å². The molecule has 70 heavy (non-hydrogen) atoms. The SMILES string of the molecule is CCCCCCCCCCCCCCCCOc1ccc(P(c2ccc(OCCCCCCCCCCCCCCCC)cc2)c2ccc(OCCCCCCCCCCCCCCCC)cc2)cc1. The minimum absolute atomic E-state index is 0.751. The lowest BCUT2D eigenvalue weighted by molar-refractivity contribution is 0.304. The van der Waals surface area contributed by atoms with Gasteiger partial charge in [0.1, 0.15) is 17.2 Å². The maximum atomic E-state index is 6.27. The average Bonchev–Trinajstić information content (AvgIpc) is 3.38. The normalized spacial score (nSPS) is 11.5. The molecule has 0 saturated heterocycles. The molecule has 0 aromatic heterocycles. The first-order valence-corrected chi connectivity index (χ1v) is 32.1. The molecule has 3 aromatic carbocycles. The third-order valence-electron chi connectivity index (χ3n) is 14.6. The first kappa shape index (κ1) is 61.8. The van der Waals surface area contributed by atoms with E-state index in [1.165, 1.54) is 266 Å². The van der Waals surface area contributed by atoms with Crippen molar-refractivity contribution >= 4 is 23.8 Å². The Balaban J connectivity index is 1.40. The summed E-state index contributed by atoms with van der Waals surface area (Å²) in [6, 6.07) is 26.9. The van der Waals surface area contributed by atoms with Gasteiger partial charge in [0, 0.05) is 0 Å². The molecule has 0 spiro atoms. The van der Waals surface area contributed by atoms with Gasteiger partial charge in [0.05, 0.1) is 19.8 Å². The van der Waals surface area contributed by atoms with Crippen LogP contribution in [0.5, 0.6) is 17.2 Å². The molecule has 0 atom stereocenters. The highest BCUT2D eigenvalue weighted by Crippen LogP contribution is 2.35. The molecule has 0 unspecified atom stereocenters. The molecule has 0 saturated carbocycles. The lowest BCUT2D eigenvalue weighted by Crippen LogP contribution is -2.20. The summed E-state index contributed by atoms with van der Waals surface area (Å²) in [5.74, 6) is 2.94. The average molecular weight is 984 g/mol. The number of hydrogen-bond acceptors (Lipinski definition) is 3. The summed E-state index contributed by atoms with van der Waals surface area (Å²) < 4.78 is 18.8. The lowest BCUT2D eigenvalue weighted by Gasteiger charge is -2.20. The zero-order valence-corrected chi connectivity index (χ0v) is 47.3. The van der Waals surface area contributed by atoms with Gasteiger partial charge in [0.2, 0.25) is 0 Å². The number of unbranched alkanes of at least 4 members (excludes halogenated alkanes) is 39. The predicted octanol–water partition coefficient (Wildman–Crippen LogP) is 21.0. The van der Waals surface area contributed by atoms with E-state index < -0.39 is 7.92 Å². The zero-order valence-electron chi connectivity index (χ0n) is 46.4. The Bertz CT molecular complexity index is 1340. The molecule has 398 valence electrons. The molecule has 0 heterocycles. The van der Waals surface area contributed by atoms with Gasteiger partial charge in [-0.2, -0.15) is 0 Å². The van der Waals surface area contributed by atoms with Crippen LogP contribution in [0.2, 0.25) is 0 Å². The van der Waals surface area contributed by atoms with Crippen molar-refractivity contribution in [3.63, 3.8) is 0 Å². The van der Waals surface area contributed by atoms with E-state index in [1.54, 1.807) is 0 Å². The molecular formula is C66H111O3P. The number of benzene rings is 3. The van der Waals surface area contributed by atoms with Crippen LogP contribution >= 0.6 is 7.92 Å². The molecule has 0 aliphatic heterocycles. The van der Waals surface area contributed by atoms with E-state index in [9.17, 15) is 0 Å². The van der Waals surface area contributed by atoms with Crippen LogP contribution in [0.25, 0.3) is 0 Å². The molecule has 3 nitrogen and oxygen atoms in total. The molecule has 0 aliphatic carbocycles. The third kappa shape index (κ3) is 33.3. The van der Waals surface area contributed by atoms with E-state index in [2.05, 4.69) is 93.6 Å². The Morgan fingerprint density at radius 3 is 0.543 bits per heavy atom. The lowest BCUT2D eigenvalue weighted by atomic mass is 10.0. The summed E-state index contributed by atoms with van der Waals surface area (Å²) in [7, 11) is -0.751. The van der Waals surface area contributed by atoms with Crippen LogP contribution in [0.4, 0.5) is 0 Å². The van der Waals surface area contributed by atoms with E-state index >= 15 is 0 Å². The minimum Gasteiger partial charge on any atom is -0.494 e. The maximum absolute atomic E-state index is 6.27. The molecule has 0 aliphatic rings. The summed E-state index contributed by atoms with van der Waals surface area (Å²) in [6.07, 6.45) is 57.8. The van der Waals surface area contributed by atoms with Crippen molar-refractivity contribution in [3.05, 3.63) is 72.8 Å². The fraction of sp³-hybridized carbons (Fsp3) is 0.727. The molecule has 0 bridgehead atoms. The van der Waals surface area contributed by atoms with Gasteiger partial charge >= 0.3 is 0 Å². The number of rotatable bonds is 51. The van der Waals surface area contributed by atoms with Crippen LogP contribution in [0.3, 0.4) is 0 Å². The van der Waals surface area contributed by atoms with Gasteiger partial charge in [0.25, 0.3) is 0 Å². The molecular weight excluding hydrogens is 872 g/mol. The summed E-state index contributed by atoms with van der Waals surface area (Å²) in [6.45, 7) is 9.30. The minimum atomic E-state index is -0.751. The van der Waals surface area contributed by atoms with Crippen LogP contribution < -0.4 is 30.1 Å². The van der Waals surface area contributed by atoms with Crippen molar-refractivity contribution in [1.29, 1.82) is 0 Å². The smallest absolute Gasteiger partial charge is 0.119 e. The van der Waals surface area contributed by atoms with Crippen LogP contribution in [0.1, 0.15) is 290 Å². The van der Waals surface area contributed by atoms with Gasteiger partial charge in [-0.05, 0) is 79.5 Å². The fourth-order valence-corrected chi connectivity index (χ4v) is 12.2. The molecule has 3 rings (SSSR count). The molecule has 0 fully saturated rings. The fourth-order valence-electron chi connectivity index (χ4n) is 9.98. The molecule has 0 amide bonds. The maximum Gasteiger partial charge on any atom is 0.119 e. The predicted molar refractivity (Wildman–Crippen MR) is 313 cm³/mol. The van der Waals surface area contributed by atoms with Crippen LogP contribution in [-0.4, -0.2) is 19.8 Å². The van der Waals surface area contributed by atoms with Crippen molar-refractivity contribution in [2.24, 2.45) is 0 Å². The van der Waals surface area contributed by atoms with E-state index in [-0.39, 0.29) is 0 Å². The summed E-state index contributed by atoms with van der Waals surface area (Å²) in [4.78, 5) is 0. The van der Waals surface area contributed by atoms with Gasteiger partial charge in [-0.1, -0.05) is 308 Å². The van der Waals surface area contributed by atoms with Crippen molar-refractivity contribution in [2.45, 2.75) is 290 Å². The second-order valence-electron chi connectivity index (χ2n) is 21.2. The zero-order chi connectivity index (χ0) is 49.5.